The Balaban J connectivity index is 2.29. The molecule has 0 bridgehead atoms. The lowest BCUT2D eigenvalue weighted by molar-refractivity contribution is -0.149. The monoisotopic (exact) mass is 228 g/mol. The predicted octanol–water partition coefficient (Wildman–Crippen LogP) is 1.38. The molecular weight excluding hydrogens is 208 g/mol. The topological polar surface area (TPSA) is 48.1 Å². The predicted molar refractivity (Wildman–Crippen MR) is 58.0 cm³/mol. The number of carbonyl (C=O) groups is 1. The van der Waals surface area contributed by atoms with Crippen LogP contribution < -0.4 is 0 Å². The summed E-state index contributed by atoms with van der Waals surface area (Å²) in [6, 6.07) is 0. The molecule has 3 unspecified atom stereocenters. The van der Waals surface area contributed by atoms with Crippen LogP contribution in [0.2, 0.25) is 0 Å². The molecule has 4 nitrogen and oxygen atoms in total. The van der Waals surface area contributed by atoms with Gasteiger partial charge in [-0.2, -0.15) is 0 Å². The number of epoxide rings is 1. The molecule has 0 aromatic carbocycles. The van der Waals surface area contributed by atoms with Crippen molar-refractivity contribution >= 4 is 5.97 Å². The fourth-order valence-electron chi connectivity index (χ4n) is 3.04. The van der Waals surface area contributed by atoms with Gasteiger partial charge >= 0.3 is 5.97 Å². The van der Waals surface area contributed by atoms with Crippen LogP contribution in [-0.2, 0) is 19.0 Å². The zero-order valence-electron chi connectivity index (χ0n) is 10.4. The number of rotatable bonds is 2. The van der Waals surface area contributed by atoms with Crippen molar-refractivity contribution < 1.29 is 19.0 Å². The number of esters is 1. The summed E-state index contributed by atoms with van der Waals surface area (Å²) in [5.41, 5.74) is -1.10. The molecule has 4 heteroatoms. The molecule has 0 aromatic rings. The molecule has 0 saturated carbocycles. The van der Waals surface area contributed by atoms with E-state index >= 15 is 0 Å². The summed E-state index contributed by atoms with van der Waals surface area (Å²) in [5.74, 6) is 0.125. The third-order valence-corrected chi connectivity index (χ3v) is 4.01. The lowest BCUT2D eigenvalue weighted by Crippen LogP contribution is -2.46. The van der Waals surface area contributed by atoms with E-state index in [0.717, 1.165) is 6.42 Å². The van der Waals surface area contributed by atoms with Crippen LogP contribution in [0.1, 0.15) is 27.2 Å². The number of ether oxygens (including phenoxy) is 3. The highest BCUT2D eigenvalue weighted by Crippen LogP contribution is 2.60. The van der Waals surface area contributed by atoms with Crippen molar-refractivity contribution in [2.24, 2.45) is 11.8 Å². The van der Waals surface area contributed by atoms with E-state index in [-0.39, 0.29) is 23.4 Å². The van der Waals surface area contributed by atoms with Crippen molar-refractivity contribution in [2.45, 2.75) is 38.4 Å². The van der Waals surface area contributed by atoms with Crippen LogP contribution in [0.3, 0.4) is 0 Å². The van der Waals surface area contributed by atoms with Gasteiger partial charge in [0.1, 0.15) is 5.60 Å². The van der Waals surface area contributed by atoms with Crippen LogP contribution in [0.5, 0.6) is 0 Å². The van der Waals surface area contributed by atoms with E-state index in [4.69, 9.17) is 14.2 Å². The average molecular weight is 228 g/mol. The lowest BCUT2D eigenvalue weighted by Gasteiger charge is -2.30. The van der Waals surface area contributed by atoms with Crippen LogP contribution >= 0.6 is 0 Å². The largest absolute Gasteiger partial charge is 0.467 e. The second-order valence-corrected chi connectivity index (χ2v) is 5.10. The van der Waals surface area contributed by atoms with Crippen molar-refractivity contribution in [1.29, 1.82) is 0 Å². The first-order valence-electron chi connectivity index (χ1n) is 5.87. The maximum atomic E-state index is 12.0. The first-order valence-corrected chi connectivity index (χ1v) is 5.87. The third kappa shape index (κ3) is 1.26. The van der Waals surface area contributed by atoms with Gasteiger partial charge < -0.3 is 14.2 Å². The number of carbonyl (C=O) groups excluding carboxylic acids is 1. The zero-order chi connectivity index (χ0) is 12.0. The molecule has 2 aliphatic heterocycles. The molecule has 92 valence electrons. The Morgan fingerprint density at radius 1 is 1.50 bits per heavy atom. The van der Waals surface area contributed by atoms with Crippen LogP contribution in [0.25, 0.3) is 0 Å². The molecule has 2 rings (SSSR count). The molecule has 2 saturated heterocycles. The molecule has 2 heterocycles. The van der Waals surface area contributed by atoms with Crippen molar-refractivity contribution in [2.75, 3.05) is 20.3 Å². The lowest BCUT2D eigenvalue weighted by atomic mass is 9.74. The van der Waals surface area contributed by atoms with Crippen LogP contribution in [0.4, 0.5) is 0 Å². The number of hydrogen-bond donors (Lipinski definition) is 0. The van der Waals surface area contributed by atoms with Gasteiger partial charge in [0.2, 0.25) is 0 Å². The third-order valence-electron chi connectivity index (χ3n) is 4.01. The second kappa shape index (κ2) is 3.70. The van der Waals surface area contributed by atoms with Gasteiger partial charge in [-0.3, -0.25) is 0 Å². The molecule has 0 aliphatic carbocycles. The molecule has 2 aliphatic rings. The Hall–Kier alpha value is -0.610. The smallest absolute Gasteiger partial charge is 0.341 e. The maximum Gasteiger partial charge on any atom is 0.341 e. The molecule has 2 fully saturated rings. The zero-order valence-corrected chi connectivity index (χ0v) is 10.4. The van der Waals surface area contributed by atoms with E-state index in [1.54, 1.807) is 0 Å². The summed E-state index contributed by atoms with van der Waals surface area (Å²) in [6.45, 7) is 7.41. The Bertz CT molecular complexity index is 301. The van der Waals surface area contributed by atoms with Crippen molar-refractivity contribution in [3.05, 3.63) is 0 Å². The summed E-state index contributed by atoms with van der Waals surface area (Å²) < 4.78 is 16.2. The van der Waals surface area contributed by atoms with E-state index in [0.29, 0.717) is 13.2 Å². The summed E-state index contributed by atoms with van der Waals surface area (Å²) in [6.07, 6.45) is 0.779. The minimum Gasteiger partial charge on any atom is -0.467 e. The molecule has 0 aromatic heterocycles. The summed E-state index contributed by atoms with van der Waals surface area (Å²) >= 11 is 0. The van der Waals surface area contributed by atoms with Crippen molar-refractivity contribution in [1.82, 2.24) is 0 Å². The van der Waals surface area contributed by atoms with Gasteiger partial charge in [0, 0.05) is 18.9 Å². The highest BCUT2D eigenvalue weighted by Gasteiger charge is 2.78. The van der Waals surface area contributed by atoms with Crippen LogP contribution in [0, 0.1) is 11.8 Å². The Morgan fingerprint density at radius 3 is 2.69 bits per heavy atom. The number of hydrogen-bond acceptors (Lipinski definition) is 4. The minimum atomic E-state index is -0.745. The molecule has 0 radical (unpaired) electrons. The molecule has 16 heavy (non-hydrogen) atoms. The first kappa shape index (κ1) is 11.9. The van der Waals surface area contributed by atoms with E-state index < -0.39 is 5.60 Å². The van der Waals surface area contributed by atoms with Gasteiger partial charge in [0.15, 0.2) is 5.60 Å². The van der Waals surface area contributed by atoms with Gasteiger partial charge in [-0.1, -0.05) is 20.8 Å². The van der Waals surface area contributed by atoms with E-state index in [2.05, 4.69) is 6.92 Å². The van der Waals surface area contributed by atoms with Crippen LogP contribution in [0.15, 0.2) is 0 Å². The summed E-state index contributed by atoms with van der Waals surface area (Å²) in [7, 11) is 1.42. The minimum absolute atomic E-state index is 0.125. The molecule has 3 atom stereocenters. The Labute approximate surface area is 96.2 Å². The summed E-state index contributed by atoms with van der Waals surface area (Å²) in [4.78, 5) is 12.0. The van der Waals surface area contributed by atoms with Gasteiger partial charge in [0.25, 0.3) is 0 Å². The number of methoxy groups -OCH3 is 1. The average Bonchev–Trinajstić information content (AvgIpc) is 2.93. The SMILES string of the molecule is COC(=O)C1(C(C)C)OC12CCOCC2C. The first-order chi connectivity index (χ1) is 7.51. The van der Waals surface area contributed by atoms with Gasteiger partial charge in [-0.25, -0.2) is 4.79 Å². The molecule has 0 amide bonds. The van der Waals surface area contributed by atoms with Gasteiger partial charge in [-0.15, -0.1) is 0 Å². The quantitative estimate of drug-likeness (QED) is 0.529. The highest BCUT2D eigenvalue weighted by atomic mass is 16.7. The molecule has 0 N–H and O–H groups in total. The van der Waals surface area contributed by atoms with Gasteiger partial charge in [-0.05, 0) is 5.92 Å². The second-order valence-electron chi connectivity index (χ2n) is 5.10. The van der Waals surface area contributed by atoms with Crippen molar-refractivity contribution in [3.8, 4) is 0 Å². The Morgan fingerprint density at radius 2 is 2.19 bits per heavy atom. The fraction of sp³-hybridized carbons (Fsp3) is 0.917. The van der Waals surface area contributed by atoms with Crippen molar-refractivity contribution in [3.63, 3.8) is 0 Å². The van der Waals surface area contributed by atoms with E-state index in [1.165, 1.54) is 7.11 Å². The van der Waals surface area contributed by atoms with E-state index in [1.807, 2.05) is 13.8 Å². The summed E-state index contributed by atoms with van der Waals surface area (Å²) in [5, 5.41) is 0. The van der Waals surface area contributed by atoms with E-state index in [9.17, 15) is 4.79 Å². The maximum absolute atomic E-state index is 12.0. The Kier molecular flexibility index (Phi) is 2.75. The van der Waals surface area contributed by atoms with Gasteiger partial charge in [0.05, 0.1) is 13.7 Å². The normalized spacial score (nSPS) is 42.4. The van der Waals surface area contributed by atoms with Crippen LogP contribution in [-0.4, -0.2) is 37.5 Å². The molecular formula is C12H20O4. The molecule has 1 spiro atoms. The highest BCUT2D eigenvalue weighted by molar-refractivity contribution is 5.85. The standard InChI is InChI=1S/C12H20O4/c1-8(2)12(10(13)14-4)11(16-12)5-6-15-7-9(11)3/h8-9H,5-7H2,1-4H3. The fourth-order valence-corrected chi connectivity index (χ4v) is 3.04.